The van der Waals surface area contributed by atoms with Crippen molar-refractivity contribution in [1.82, 2.24) is 0 Å². The van der Waals surface area contributed by atoms with Gasteiger partial charge in [0, 0.05) is 0 Å². The summed E-state index contributed by atoms with van der Waals surface area (Å²) in [7, 11) is 0. The first kappa shape index (κ1) is 18.7. The standard InChI is InChI=1S/C21H21NO2S2/c1-4-15(3)24-17-11-9-16(10-12-17)13-19-20(23)22(21(25)26-19)18-8-6-5-7-14(18)2/h5-13,15H,4H2,1-3H3/b19-13-/t15-/m0/s1. The van der Waals surface area contributed by atoms with Crippen LogP contribution < -0.4 is 9.64 Å². The maximum atomic E-state index is 12.8. The number of anilines is 1. The molecule has 1 fully saturated rings. The molecule has 0 bridgehead atoms. The Labute approximate surface area is 164 Å². The van der Waals surface area contributed by atoms with E-state index in [2.05, 4.69) is 6.92 Å². The Bertz CT molecular complexity index is 859. The maximum absolute atomic E-state index is 12.8. The molecule has 134 valence electrons. The number of amides is 1. The summed E-state index contributed by atoms with van der Waals surface area (Å²) in [6.45, 7) is 6.12. The Morgan fingerprint density at radius 2 is 1.88 bits per heavy atom. The molecule has 0 saturated carbocycles. The number of hydrogen-bond donors (Lipinski definition) is 0. The highest BCUT2D eigenvalue weighted by molar-refractivity contribution is 8.27. The zero-order valence-electron chi connectivity index (χ0n) is 15.1. The Hall–Kier alpha value is -2.11. The minimum absolute atomic E-state index is 0.0748. The number of rotatable bonds is 5. The number of benzene rings is 2. The lowest BCUT2D eigenvalue weighted by Crippen LogP contribution is -2.28. The zero-order valence-corrected chi connectivity index (χ0v) is 16.7. The molecule has 1 saturated heterocycles. The quantitative estimate of drug-likeness (QED) is 0.498. The molecule has 0 radical (unpaired) electrons. The fourth-order valence-electron chi connectivity index (χ4n) is 2.60. The Morgan fingerprint density at radius 1 is 1.19 bits per heavy atom. The van der Waals surface area contributed by atoms with Crippen LogP contribution in [0.25, 0.3) is 6.08 Å². The van der Waals surface area contributed by atoms with E-state index in [1.54, 1.807) is 4.90 Å². The van der Waals surface area contributed by atoms with Crippen LogP contribution in [-0.4, -0.2) is 16.3 Å². The van der Waals surface area contributed by atoms with Gasteiger partial charge in [-0.3, -0.25) is 9.69 Å². The van der Waals surface area contributed by atoms with E-state index in [1.807, 2.05) is 68.5 Å². The van der Waals surface area contributed by atoms with Gasteiger partial charge in [0.25, 0.3) is 5.91 Å². The molecule has 0 spiro atoms. The molecule has 2 aromatic carbocycles. The fourth-order valence-corrected chi connectivity index (χ4v) is 3.88. The zero-order chi connectivity index (χ0) is 18.7. The molecule has 0 N–H and O–H groups in total. The van der Waals surface area contributed by atoms with Gasteiger partial charge in [-0.15, -0.1) is 0 Å². The molecule has 1 aliphatic heterocycles. The number of thioether (sulfide) groups is 1. The second-order valence-electron chi connectivity index (χ2n) is 6.21. The van der Waals surface area contributed by atoms with Gasteiger partial charge in [0.05, 0.1) is 16.7 Å². The SMILES string of the molecule is CC[C@H](C)Oc1ccc(/C=C2\SC(=S)N(c3ccccc3C)C2=O)cc1. The monoisotopic (exact) mass is 383 g/mol. The Balaban J connectivity index is 1.81. The van der Waals surface area contributed by atoms with Gasteiger partial charge < -0.3 is 4.74 Å². The molecule has 2 aromatic rings. The van der Waals surface area contributed by atoms with Crippen molar-refractivity contribution >= 4 is 46.0 Å². The third-order valence-electron chi connectivity index (χ3n) is 4.24. The van der Waals surface area contributed by atoms with E-state index in [1.165, 1.54) is 11.8 Å². The van der Waals surface area contributed by atoms with Crippen LogP contribution in [0, 0.1) is 6.92 Å². The van der Waals surface area contributed by atoms with Crippen LogP contribution in [0.4, 0.5) is 5.69 Å². The topological polar surface area (TPSA) is 29.5 Å². The number of ether oxygens (including phenoxy) is 1. The first-order chi connectivity index (χ1) is 12.5. The molecule has 1 amide bonds. The molecule has 5 heteroatoms. The minimum atomic E-state index is -0.0748. The van der Waals surface area contributed by atoms with Crippen molar-refractivity contribution in [3.63, 3.8) is 0 Å². The van der Waals surface area contributed by atoms with Gasteiger partial charge >= 0.3 is 0 Å². The summed E-state index contributed by atoms with van der Waals surface area (Å²) in [5, 5.41) is 0. The summed E-state index contributed by atoms with van der Waals surface area (Å²) in [4.78, 5) is 15.1. The molecule has 1 heterocycles. The average Bonchev–Trinajstić information content (AvgIpc) is 2.91. The van der Waals surface area contributed by atoms with Crippen molar-refractivity contribution in [1.29, 1.82) is 0 Å². The predicted octanol–water partition coefficient (Wildman–Crippen LogP) is 5.58. The molecule has 0 unspecified atom stereocenters. The number of thiocarbonyl (C=S) groups is 1. The van der Waals surface area contributed by atoms with Crippen molar-refractivity contribution in [3.8, 4) is 5.75 Å². The second-order valence-corrected chi connectivity index (χ2v) is 7.89. The lowest BCUT2D eigenvalue weighted by atomic mass is 10.1. The summed E-state index contributed by atoms with van der Waals surface area (Å²) < 4.78 is 6.36. The van der Waals surface area contributed by atoms with Gasteiger partial charge in [0.2, 0.25) is 0 Å². The lowest BCUT2D eigenvalue weighted by molar-refractivity contribution is -0.113. The van der Waals surface area contributed by atoms with Crippen molar-refractivity contribution in [2.24, 2.45) is 0 Å². The highest BCUT2D eigenvalue weighted by Gasteiger charge is 2.33. The first-order valence-corrected chi connectivity index (χ1v) is 9.82. The molecule has 0 aromatic heterocycles. The predicted molar refractivity (Wildman–Crippen MR) is 114 cm³/mol. The van der Waals surface area contributed by atoms with Crippen LogP contribution in [0.15, 0.2) is 53.4 Å². The average molecular weight is 384 g/mol. The smallest absolute Gasteiger partial charge is 0.270 e. The van der Waals surface area contributed by atoms with Gasteiger partial charge in [0.1, 0.15) is 5.75 Å². The number of nitrogens with zero attached hydrogens (tertiary/aromatic N) is 1. The summed E-state index contributed by atoms with van der Waals surface area (Å²) in [6, 6.07) is 15.5. The summed E-state index contributed by atoms with van der Waals surface area (Å²) in [5.41, 5.74) is 2.82. The third-order valence-corrected chi connectivity index (χ3v) is 5.54. The van der Waals surface area contributed by atoms with Crippen molar-refractivity contribution in [3.05, 3.63) is 64.6 Å². The van der Waals surface area contributed by atoms with Crippen LogP contribution in [0.2, 0.25) is 0 Å². The molecular formula is C21H21NO2S2. The van der Waals surface area contributed by atoms with Crippen LogP contribution in [0.3, 0.4) is 0 Å². The molecular weight excluding hydrogens is 362 g/mol. The molecule has 1 atom stereocenters. The highest BCUT2D eigenvalue weighted by atomic mass is 32.2. The maximum Gasteiger partial charge on any atom is 0.270 e. The molecule has 3 rings (SSSR count). The van der Waals surface area contributed by atoms with Crippen molar-refractivity contribution in [2.75, 3.05) is 4.90 Å². The summed E-state index contributed by atoms with van der Waals surface area (Å²) in [6.07, 6.45) is 3.03. The van der Waals surface area contributed by atoms with Gasteiger partial charge in [0.15, 0.2) is 4.32 Å². The van der Waals surface area contributed by atoms with Crippen LogP contribution in [0.1, 0.15) is 31.4 Å². The van der Waals surface area contributed by atoms with E-state index in [4.69, 9.17) is 17.0 Å². The number of hydrogen-bond acceptors (Lipinski definition) is 4. The van der Waals surface area contributed by atoms with Crippen LogP contribution in [0.5, 0.6) is 5.75 Å². The molecule has 0 aliphatic carbocycles. The normalized spacial score (nSPS) is 17.0. The van der Waals surface area contributed by atoms with E-state index in [9.17, 15) is 4.79 Å². The van der Waals surface area contributed by atoms with E-state index >= 15 is 0 Å². The van der Waals surface area contributed by atoms with E-state index < -0.39 is 0 Å². The van der Waals surface area contributed by atoms with Gasteiger partial charge in [-0.25, -0.2) is 0 Å². The first-order valence-electron chi connectivity index (χ1n) is 8.60. The number of aryl methyl sites for hydroxylation is 1. The third kappa shape index (κ3) is 4.00. The highest BCUT2D eigenvalue weighted by Crippen LogP contribution is 2.37. The van der Waals surface area contributed by atoms with Crippen molar-refractivity contribution in [2.45, 2.75) is 33.3 Å². The van der Waals surface area contributed by atoms with Gasteiger partial charge in [-0.05, 0) is 55.7 Å². The minimum Gasteiger partial charge on any atom is -0.491 e. The van der Waals surface area contributed by atoms with Crippen molar-refractivity contribution < 1.29 is 9.53 Å². The van der Waals surface area contributed by atoms with E-state index in [0.29, 0.717) is 9.23 Å². The number of para-hydroxylation sites is 1. The largest absolute Gasteiger partial charge is 0.491 e. The number of carbonyl (C=O) groups is 1. The summed E-state index contributed by atoms with van der Waals surface area (Å²) in [5.74, 6) is 0.762. The van der Waals surface area contributed by atoms with Crippen LogP contribution in [-0.2, 0) is 4.79 Å². The Kier molecular flexibility index (Phi) is 5.79. The lowest BCUT2D eigenvalue weighted by Gasteiger charge is -2.16. The molecule has 26 heavy (non-hydrogen) atoms. The molecule has 1 aliphatic rings. The van der Waals surface area contributed by atoms with Gasteiger partial charge in [-0.2, -0.15) is 0 Å². The summed E-state index contributed by atoms with van der Waals surface area (Å²) >= 11 is 6.78. The van der Waals surface area contributed by atoms with E-state index in [-0.39, 0.29) is 12.0 Å². The van der Waals surface area contributed by atoms with Crippen LogP contribution >= 0.6 is 24.0 Å². The fraction of sp³-hybridized carbons (Fsp3) is 0.238. The Morgan fingerprint density at radius 3 is 2.54 bits per heavy atom. The number of carbonyl (C=O) groups excluding carboxylic acids is 1. The van der Waals surface area contributed by atoms with Gasteiger partial charge in [-0.1, -0.05) is 61.2 Å². The molecule has 3 nitrogen and oxygen atoms in total. The van der Waals surface area contributed by atoms with E-state index in [0.717, 1.165) is 29.0 Å². The second kappa shape index (κ2) is 8.06.